The van der Waals surface area contributed by atoms with Crippen LogP contribution >= 0.6 is 23.2 Å². The van der Waals surface area contributed by atoms with Crippen molar-refractivity contribution in [2.45, 2.75) is 0 Å². The first-order valence-corrected chi connectivity index (χ1v) is 6.88. The molecule has 0 aliphatic rings. The Morgan fingerprint density at radius 2 is 1.71 bits per heavy atom. The number of rotatable bonds is 4. The lowest BCUT2D eigenvalue weighted by Crippen LogP contribution is -2.23. The summed E-state index contributed by atoms with van der Waals surface area (Å²) in [7, 11) is 0. The summed E-state index contributed by atoms with van der Waals surface area (Å²) in [5.74, 6) is -0.745. The highest BCUT2D eigenvalue weighted by Gasteiger charge is 2.20. The second kappa shape index (κ2) is 6.72. The summed E-state index contributed by atoms with van der Waals surface area (Å²) in [5, 5.41) is 2.89. The van der Waals surface area contributed by atoms with Gasteiger partial charge in [0.05, 0.1) is 27.8 Å². The van der Waals surface area contributed by atoms with Gasteiger partial charge in [-0.15, -0.1) is 0 Å². The number of anilines is 1. The third-order valence-electron chi connectivity index (χ3n) is 2.82. The number of ketones is 1. The van der Waals surface area contributed by atoms with Crippen LogP contribution in [0.2, 0.25) is 10.0 Å². The molecule has 4 nitrogen and oxygen atoms in total. The lowest BCUT2D eigenvalue weighted by Gasteiger charge is -2.12. The lowest BCUT2D eigenvalue weighted by molar-refractivity contribution is -0.114. The minimum atomic E-state index is -0.421. The molecule has 0 fully saturated rings. The summed E-state index contributed by atoms with van der Waals surface area (Å²) in [6.07, 6.45) is 0. The van der Waals surface area contributed by atoms with E-state index in [0.717, 1.165) is 0 Å². The van der Waals surface area contributed by atoms with Gasteiger partial charge in [0, 0.05) is 5.56 Å². The molecule has 0 aliphatic carbocycles. The largest absolute Gasteiger partial charge is 0.324 e. The molecule has 0 unspecified atom stereocenters. The summed E-state index contributed by atoms with van der Waals surface area (Å²) >= 11 is 12.1. The molecule has 0 heterocycles. The minimum Gasteiger partial charge on any atom is -0.324 e. The van der Waals surface area contributed by atoms with Crippen LogP contribution < -0.4 is 11.1 Å². The van der Waals surface area contributed by atoms with E-state index in [2.05, 4.69) is 5.32 Å². The van der Waals surface area contributed by atoms with Crippen molar-refractivity contribution >= 4 is 40.6 Å². The molecule has 2 aromatic rings. The topological polar surface area (TPSA) is 72.2 Å². The molecule has 2 aromatic carbocycles. The summed E-state index contributed by atoms with van der Waals surface area (Å²) in [6, 6.07) is 11.6. The van der Waals surface area contributed by atoms with Gasteiger partial charge in [-0.1, -0.05) is 53.5 Å². The molecule has 0 saturated carbocycles. The van der Waals surface area contributed by atoms with E-state index >= 15 is 0 Å². The van der Waals surface area contributed by atoms with Crippen LogP contribution in [-0.2, 0) is 4.79 Å². The van der Waals surface area contributed by atoms with E-state index in [-0.39, 0.29) is 33.6 Å². The Bertz CT molecular complexity index is 688. The van der Waals surface area contributed by atoms with Crippen molar-refractivity contribution in [2.75, 3.05) is 11.9 Å². The van der Waals surface area contributed by atoms with Gasteiger partial charge in [-0.3, -0.25) is 9.59 Å². The molecule has 0 aliphatic heterocycles. The minimum absolute atomic E-state index is 0.0975. The molecule has 0 saturated heterocycles. The average Bonchev–Trinajstić information content (AvgIpc) is 2.51. The molecule has 0 aromatic heterocycles. The van der Waals surface area contributed by atoms with Crippen molar-refractivity contribution in [3.63, 3.8) is 0 Å². The maximum atomic E-state index is 12.6. The Labute approximate surface area is 131 Å². The number of hydrogen-bond acceptors (Lipinski definition) is 3. The summed E-state index contributed by atoms with van der Waals surface area (Å²) in [4.78, 5) is 24.0. The molecule has 108 valence electrons. The molecule has 1 amide bonds. The SMILES string of the molecule is NCC(=O)Nc1ccc(Cl)c(Cl)c1C(=O)c1ccccc1. The van der Waals surface area contributed by atoms with Crippen LogP contribution in [0.5, 0.6) is 0 Å². The zero-order valence-electron chi connectivity index (χ0n) is 10.9. The summed E-state index contributed by atoms with van der Waals surface area (Å²) in [5.41, 5.74) is 6.15. The van der Waals surface area contributed by atoms with Crippen molar-refractivity contribution in [1.29, 1.82) is 0 Å². The van der Waals surface area contributed by atoms with E-state index in [1.54, 1.807) is 30.3 Å². The number of carbonyl (C=O) groups is 2. The summed E-state index contributed by atoms with van der Waals surface area (Å²) in [6.45, 7) is -0.195. The highest BCUT2D eigenvalue weighted by Crippen LogP contribution is 2.33. The third kappa shape index (κ3) is 3.42. The number of benzene rings is 2. The van der Waals surface area contributed by atoms with Crippen molar-refractivity contribution in [3.8, 4) is 0 Å². The maximum absolute atomic E-state index is 12.6. The Kier molecular flexibility index (Phi) is 4.96. The van der Waals surface area contributed by atoms with E-state index in [1.165, 1.54) is 12.1 Å². The molecule has 0 radical (unpaired) electrons. The van der Waals surface area contributed by atoms with Crippen molar-refractivity contribution < 1.29 is 9.59 Å². The third-order valence-corrected chi connectivity index (χ3v) is 3.62. The monoisotopic (exact) mass is 322 g/mol. The van der Waals surface area contributed by atoms with Crippen LogP contribution in [0, 0.1) is 0 Å². The van der Waals surface area contributed by atoms with E-state index < -0.39 is 5.91 Å². The molecule has 6 heteroatoms. The zero-order valence-corrected chi connectivity index (χ0v) is 12.4. The van der Waals surface area contributed by atoms with Gasteiger partial charge in [0.2, 0.25) is 5.91 Å². The first-order valence-electron chi connectivity index (χ1n) is 6.12. The molecule has 0 spiro atoms. The number of nitrogens with one attached hydrogen (secondary N) is 1. The van der Waals surface area contributed by atoms with Gasteiger partial charge < -0.3 is 11.1 Å². The first kappa shape index (κ1) is 15.5. The normalized spacial score (nSPS) is 10.2. The van der Waals surface area contributed by atoms with Gasteiger partial charge in [-0.05, 0) is 12.1 Å². The lowest BCUT2D eigenvalue weighted by atomic mass is 10.0. The number of hydrogen-bond donors (Lipinski definition) is 2. The van der Waals surface area contributed by atoms with Gasteiger partial charge in [0.25, 0.3) is 0 Å². The molecule has 3 N–H and O–H groups in total. The Hall–Kier alpha value is -1.88. The van der Waals surface area contributed by atoms with Gasteiger partial charge in [0.1, 0.15) is 0 Å². The fourth-order valence-corrected chi connectivity index (χ4v) is 2.22. The van der Waals surface area contributed by atoms with Gasteiger partial charge in [0.15, 0.2) is 5.78 Å². The standard InChI is InChI=1S/C15H12Cl2N2O2/c16-10-6-7-11(19-12(20)8-18)13(14(10)17)15(21)9-4-2-1-3-5-9/h1-7H,8,18H2,(H,19,20). The molecule has 0 atom stereocenters. The molecular weight excluding hydrogens is 311 g/mol. The number of nitrogens with two attached hydrogens (primary N) is 1. The number of halogens is 2. The van der Waals surface area contributed by atoms with Crippen molar-refractivity contribution in [1.82, 2.24) is 0 Å². The fraction of sp³-hybridized carbons (Fsp3) is 0.0667. The number of amides is 1. The van der Waals surface area contributed by atoms with E-state index in [9.17, 15) is 9.59 Å². The van der Waals surface area contributed by atoms with Gasteiger partial charge >= 0.3 is 0 Å². The Balaban J connectivity index is 2.52. The predicted octanol–water partition coefficient (Wildman–Crippen LogP) is 3.12. The van der Waals surface area contributed by atoms with E-state index in [1.807, 2.05) is 0 Å². The number of carbonyl (C=O) groups excluding carboxylic acids is 2. The zero-order chi connectivity index (χ0) is 15.4. The van der Waals surface area contributed by atoms with Crippen molar-refractivity contribution in [2.24, 2.45) is 5.73 Å². The van der Waals surface area contributed by atoms with Crippen LogP contribution in [0.25, 0.3) is 0 Å². The molecular formula is C15H12Cl2N2O2. The van der Waals surface area contributed by atoms with E-state index in [4.69, 9.17) is 28.9 Å². The highest BCUT2D eigenvalue weighted by atomic mass is 35.5. The van der Waals surface area contributed by atoms with Crippen molar-refractivity contribution in [3.05, 3.63) is 63.6 Å². The van der Waals surface area contributed by atoms with Crippen LogP contribution in [0.15, 0.2) is 42.5 Å². The molecule has 21 heavy (non-hydrogen) atoms. The highest BCUT2D eigenvalue weighted by molar-refractivity contribution is 6.45. The van der Waals surface area contributed by atoms with E-state index in [0.29, 0.717) is 5.56 Å². The fourth-order valence-electron chi connectivity index (χ4n) is 1.81. The predicted molar refractivity (Wildman–Crippen MR) is 84.0 cm³/mol. The smallest absolute Gasteiger partial charge is 0.238 e. The quantitative estimate of drug-likeness (QED) is 0.849. The van der Waals surface area contributed by atoms with Crippen LogP contribution in [-0.4, -0.2) is 18.2 Å². The van der Waals surface area contributed by atoms with Crippen LogP contribution in [0.1, 0.15) is 15.9 Å². The second-order valence-corrected chi connectivity index (χ2v) is 5.02. The maximum Gasteiger partial charge on any atom is 0.238 e. The first-order chi connectivity index (χ1) is 10.0. The van der Waals surface area contributed by atoms with Crippen LogP contribution in [0.3, 0.4) is 0 Å². The molecule has 2 rings (SSSR count). The van der Waals surface area contributed by atoms with Gasteiger partial charge in [-0.25, -0.2) is 0 Å². The van der Waals surface area contributed by atoms with Crippen LogP contribution in [0.4, 0.5) is 5.69 Å². The van der Waals surface area contributed by atoms with Gasteiger partial charge in [-0.2, -0.15) is 0 Å². The average molecular weight is 323 g/mol. The Morgan fingerprint density at radius 3 is 2.33 bits per heavy atom. The second-order valence-electron chi connectivity index (χ2n) is 4.23. The molecule has 0 bridgehead atoms. The summed E-state index contributed by atoms with van der Waals surface area (Å²) < 4.78 is 0. The Morgan fingerprint density at radius 1 is 1.05 bits per heavy atom.